The molecule has 4 rings (SSSR count). The van der Waals surface area contributed by atoms with Crippen LogP contribution in [0.1, 0.15) is 128 Å². The smallest absolute Gasteiger partial charge is 0.507 e. The quantitative estimate of drug-likeness (QED) is 0.0801. The van der Waals surface area contributed by atoms with Gasteiger partial charge in [-0.25, -0.2) is 48.3 Å². The molecule has 0 bridgehead atoms. The summed E-state index contributed by atoms with van der Waals surface area (Å²) in [4.78, 5) is 2.50. The standard InChI is InChI=1S/C23H27F6NO2.C23H28F5NO2.K.Y/c1-22(2,3)12-16(26)18(28)14(24)10(20(12)31)8-30(7)9-11-15(25)19(29)17(27)13(21(11)32)23(4,5)6;1-22(2,3)14-17(26)13(24)8-11(20(14)30)9-29(7)10-12-16(25)19(28)18(27)15(21(12)31)23(4,5)6;;/h31-32H,8-9H2,1-7H3;8,30-31H,9-10H2,1-7H3;;/q;;+1;. The van der Waals surface area contributed by atoms with Gasteiger partial charge in [0.25, 0.3) is 0 Å². The normalized spacial score (nSPS) is 12.3. The SMILES string of the molecule is CN(Cc1c(O)c(C(C)(C)C)c(F)c(F)c1F)Cc1c(O)c(C(C)(C)C)c(F)c(F)c1F.CN(Cc1cc(F)c(F)c(C(C)(C)C)c1O)Cc1c(O)c(C(C)(C)C)c(F)c(F)c1F.[K+].[Y]. The van der Waals surface area contributed by atoms with E-state index >= 15 is 0 Å². The van der Waals surface area contributed by atoms with Gasteiger partial charge in [-0.1, -0.05) is 83.1 Å². The summed E-state index contributed by atoms with van der Waals surface area (Å²) < 4.78 is 157. The minimum Gasteiger partial charge on any atom is -0.507 e. The van der Waals surface area contributed by atoms with Crippen molar-refractivity contribution in [2.45, 2.75) is 131 Å². The number of benzene rings is 4. The van der Waals surface area contributed by atoms with Crippen molar-refractivity contribution in [1.82, 2.24) is 9.80 Å². The maximum Gasteiger partial charge on any atom is 1.00 e. The van der Waals surface area contributed by atoms with Crippen LogP contribution in [0.15, 0.2) is 6.07 Å². The van der Waals surface area contributed by atoms with Crippen LogP contribution in [0.25, 0.3) is 0 Å². The molecule has 0 unspecified atom stereocenters. The van der Waals surface area contributed by atoms with Crippen molar-refractivity contribution in [2.24, 2.45) is 0 Å². The van der Waals surface area contributed by atoms with Crippen molar-refractivity contribution in [1.29, 1.82) is 0 Å². The molecule has 0 aliphatic carbocycles. The van der Waals surface area contributed by atoms with Crippen LogP contribution in [0, 0.1) is 64.0 Å². The van der Waals surface area contributed by atoms with Gasteiger partial charge in [-0.3, -0.25) is 9.80 Å². The van der Waals surface area contributed by atoms with Crippen molar-refractivity contribution in [3.05, 3.63) is 115 Å². The van der Waals surface area contributed by atoms with Crippen LogP contribution in [0.3, 0.4) is 0 Å². The van der Waals surface area contributed by atoms with Gasteiger partial charge in [-0.2, -0.15) is 0 Å². The average Bonchev–Trinajstić information content (AvgIpc) is 3.11. The Morgan fingerprint density at radius 3 is 0.846 bits per heavy atom. The maximum absolute atomic E-state index is 14.5. The van der Waals surface area contributed by atoms with Crippen molar-refractivity contribution in [3.8, 4) is 23.0 Å². The summed E-state index contributed by atoms with van der Waals surface area (Å²) in [5, 5.41) is 41.9. The van der Waals surface area contributed by atoms with Crippen LogP contribution in [0.5, 0.6) is 23.0 Å². The van der Waals surface area contributed by atoms with E-state index in [-0.39, 0.29) is 114 Å². The first-order valence-corrected chi connectivity index (χ1v) is 19.6. The van der Waals surface area contributed by atoms with E-state index in [1.807, 2.05) is 0 Å². The topological polar surface area (TPSA) is 87.4 Å². The Bertz CT molecular complexity index is 2330. The molecule has 65 heavy (non-hydrogen) atoms. The van der Waals surface area contributed by atoms with E-state index in [1.165, 1.54) is 60.5 Å². The van der Waals surface area contributed by atoms with Crippen LogP contribution in [-0.2, 0) is 80.5 Å². The predicted octanol–water partition coefficient (Wildman–Crippen LogP) is 9.18. The van der Waals surface area contributed by atoms with Crippen molar-refractivity contribution < 1.29 is 153 Å². The number of hydrogen-bond donors (Lipinski definition) is 4. The molecule has 0 aliphatic rings. The Morgan fingerprint density at radius 2 is 0.600 bits per heavy atom. The van der Waals surface area contributed by atoms with Crippen LogP contribution in [0.4, 0.5) is 48.3 Å². The second-order valence-corrected chi connectivity index (χ2v) is 19.8. The van der Waals surface area contributed by atoms with E-state index in [9.17, 15) is 68.7 Å². The largest absolute Gasteiger partial charge is 1.00 e. The van der Waals surface area contributed by atoms with E-state index < -0.39 is 150 Å². The van der Waals surface area contributed by atoms with Crippen LogP contribution < -0.4 is 51.4 Å². The van der Waals surface area contributed by atoms with Gasteiger partial charge in [0.2, 0.25) is 0 Å². The van der Waals surface area contributed by atoms with Gasteiger partial charge < -0.3 is 20.4 Å². The Labute approximate surface area is 440 Å². The molecule has 0 saturated carbocycles. The summed E-state index contributed by atoms with van der Waals surface area (Å²) in [7, 11) is 2.75. The first-order valence-electron chi connectivity index (χ1n) is 19.6. The second kappa shape index (κ2) is 22.2. The molecule has 4 N–H and O–H groups in total. The Balaban J connectivity index is 0.000000631. The van der Waals surface area contributed by atoms with Gasteiger partial charge in [0, 0.05) is 103 Å². The zero-order chi connectivity index (χ0) is 49.0. The molecule has 0 spiro atoms. The third kappa shape index (κ3) is 13.2. The van der Waals surface area contributed by atoms with Crippen LogP contribution >= 0.6 is 0 Å². The number of rotatable bonds is 8. The number of nitrogens with zero attached hydrogens (tertiary/aromatic N) is 2. The summed E-state index contributed by atoms with van der Waals surface area (Å²) in [6.45, 7) is 16.8. The molecule has 0 heterocycles. The fourth-order valence-electron chi connectivity index (χ4n) is 7.26. The van der Waals surface area contributed by atoms with E-state index in [4.69, 9.17) is 0 Å². The van der Waals surface area contributed by atoms with Gasteiger partial charge in [0.1, 0.15) is 23.0 Å². The third-order valence-electron chi connectivity index (χ3n) is 10.2. The number of aromatic hydroxyl groups is 4. The Kier molecular flexibility index (Phi) is 20.8. The van der Waals surface area contributed by atoms with Crippen molar-refractivity contribution in [3.63, 3.8) is 0 Å². The molecular formula is C46H55F11KN2O4Y+. The summed E-state index contributed by atoms with van der Waals surface area (Å²) in [6, 6.07) is 0.832. The number of phenols is 4. The molecule has 4 aromatic carbocycles. The molecule has 4 aromatic rings. The van der Waals surface area contributed by atoms with Gasteiger partial charge in [0.15, 0.2) is 64.0 Å². The van der Waals surface area contributed by atoms with Gasteiger partial charge >= 0.3 is 51.4 Å². The molecule has 0 atom stereocenters. The van der Waals surface area contributed by atoms with E-state index in [2.05, 4.69) is 0 Å². The number of phenolic OH excluding ortho intramolecular Hbond substituents is 4. The molecule has 0 aromatic heterocycles. The van der Waals surface area contributed by atoms with E-state index in [1.54, 1.807) is 41.5 Å². The fraction of sp³-hybridized carbons (Fsp3) is 0.478. The molecule has 1 radical (unpaired) electrons. The zero-order valence-electron chi connectivity index (χ0n) is 39.3. The maximum atomic E-state index is 14.5. The molecular weight excluding hydrogens is 981 g/mol. The Morgan fingerprint density at radius 1 is 0.369 bits per heavy atom. The van der Waals surface area contributed by atoms with E-state index in [0.29, 0.717) is 0 Å². The summed E-state index contributed by atoms with van der Waals surface area (Å²) in [5.74, 6) is -19.6. The molecule has 19 heteroatoms. The Hall–Kier alpha value is -2.03. The summed E-state index contributed by atoms with van der Waals surface area (Å²) in [5.41, 5.74) is -7.07. The number of hydrogen-bond acceptors (Lipinski definition) is 6. The monoisotopic (exact) mass is 1040 g/mol. The predicted molar refractivity (Wildman–Crippen MR) is 217 cm³/mol. The second-order valence-electron chi connectivity index (χ2n) is 19.8. The molecule has 6 nitrogen and oxygen atoms in total. The fourth-order valence-corrected chi connectivity index (χ4v) is 7.26. The van der Waals surface area contributed by atoms with E-state index in [0.717, 1.165) is 11.0 Å². The van der Waals surface area contributed by atoms with Gasteiger partial charge in [0.05, 0.1) is 0 Å². The van der Waals surface area contributed by atoms with Crippen LogP contribution in [0.2, 0.25) is 0 Å². The molecule has 0 aliphatic heterocycles. The first kappa shape index (κ1) is 61.0. The van der Waals surface area contributed by atoms with Crippen molar-refractivity contribution in [2.75, 3.05) is 14.1 Å². The molecule has 0 fully saturated rings. The first-order chi connectivity index (χ1) is 28.4. The van der Waals surface area contributed by atoms with Gasteiger partial charge in [-0.05, 0) is 41.8 Å². The van der Waals surface area contributed by atoms with Crippen molar-refractivity contribution >= 4 is 0 Å². The summed E-state index contributed by atoms with van der Waals surface area (Å²) >= 11 is 0. The molecule has 0 saturated heterocycles. The zero-order valence-corrected chi connectivity index (χ0v) is 45.3. The summed E-state index contributed by atoms with van der Waals surface area (Å²) in [6.07, 6.45) is 0. The molecule has 353 valence electrons. The minimum atomic E-state index is -1.77. The molecule has 0 amide bonds. The number of halogens is 11. The van der Waals surface area contributed by atoms with Gasteiger partial charge in [-0.15, -0.1) is 0 Å². The minimum absolute atomic E-state index is 0. The third-order valence-corrected chi connectivity index (χ3v) is 10.2. The van der Waals surface area contributed by atoms with Crippen LogP contribution in [-0.4, -0.2) is 44.3 Å². The average molecular weight is 1040 g/mol.